The molecule has 0 aliphatic carbocycles. The largest absolute Gasteiger partial charge is 0.478 e. The van der Waals surface area contributed by atoms with Crippen LogP contribution >= 0.6 is 0 Å². The quantitative estimate of drug-likeness (QED) is 0.531. The molecule has 0 saturated carbocycles. The van der Waals surface area contributed by atoms with E-state index in [1.165, 1.54) is 5.56 Å². The minimum Gasteiger partial charge on any atom is -0.478 e. The summed E-state index contributed by atoms with van der Waals surface area (Å²) in [7, 11) is 1.82. The SMILES string of the molecule is CCCOc1ccc(CNC(=NC)NC2CCN(Cc3ccccc3)CC2)cn1. The van der Waals surface area contributed by atoms with E-state index in [0.29, 0.717) is 25.1 Å². The smallest absolute Gasteiger partial charge is 0.213 e. The van der Waals surface area contributed by atoms with Gasteiger partial charge in [-0.3, -0.25) is 9.89 Å². The van der Waals surface area contributed by atoms with Gasteiger partial charge in [-0.05, 0) is 30.4 Å². The van der Waals surface area contributed by atoms with Crippen LogP contribution in [0.1, 0.15) is 37.3 Å². The predicted molar refractivity (Wildman–Crippen MR) is 118 cm³/mol. The Labute approximate surface area is 174 Å². The Hall–Kier alpha value is -2.60. The lowest BCUT2D eigenvalue weighted by Crippen LogP contribution is -2.48. The van der Waals surface area contributed by atoms with Crippen LogP contribution in [0.25, 0.3) is 0 Å². The zero-order chi connectivity index (χ0) is 20.3. The third kappa shape index (κ3) is 7.06. The molecule has 156 valence electrons. The van der Waals surface area contributed by atoms with Crippen molar-refractivity contribution in [3.05, 3.63) is 59.8 Å². The van der Waals surface area contributed by atoms with Gasteiger partial charge in [-0.1, -0.05) is 43.3 Å². The van der Waals surface area contributed by atoms with Crippen LogP contribution < -0.4 is 15.4 Å². The lowest BCUT2D eigenvalue weighted by Gasteiger charge is -2.33. The summed E-state index contributed by atoms with van der Waals surface area (Å²) in [5, 5.41) is 6.96. The Morgan fingerprint density at radius 1 is 1.14 bits per heavy atom. The summed E-state index contributed by atoms with van der Waals surface area (Å²) in [5.74, 6) is 1.53. The second-order valence-electron chi connectivity index (χ2n) is 7.46. The normalized spacial score (nSPS) is 15.9. The van der Waals surface area contributed by atoms with E-state index in [2.05, 4.69) is 62.8 Å². The van der Waals surface area contributed by atoms with Gasteiger partial charge < -0.3 is 15.4 Å². The summed E-state index contributed by atoms with van der Waals surface area (Å²) < 4.78 is 5.53. The van der Waals surface area contributed by atoms with Gasteiger partial charge in [0.1, 0.15) is 0 Å². The van der Waals surface area contributed by atoms with Gasteiger partial charge in [0.2, 0.25) is 5.88 Å². The monoisotopic (exact) mass is 395 g/mol. The number of hydrogen-bond donors (Lipinski definition) is 2. The van der Waals surface area contributed by atoms with Gasteiger partial charge in [-0.15, -0.1) is 0 Å². The van der Waals surface area contributed by atoms with Crippen molar-refractivity contribution in [2.75, 3.05) is 26.7 Å². The molecule has 1 aliphatic heterocycles. The highest BCUT2D eigenvalue weighted by Crippen LogP contribution is 2.14. The van der Waals surface area contributed by atoms with E-state index in [4.69, 9.17) is 4.74 Å². The lowest BCUT2D eigenvalue weighted by molar-refractivity contribution is 0.198. The lowest BCUT2D eigenvalue weighted by atomic mass is 10.0. The molecule has 0 amide bonds. The molecule has 1 fully saturated rings. The van der Waals surface area contributed by atoms with Crippen molar-refractivity contribution >= 4 is 5.96 Å². The van der Waals surface area contributed by atoms with Crippen LogP contribution in [0, 0.1) is 0 Å². The molecule has 29 heavy (non-hydrogen) atoms. The molecule has 0 atom stereocenters. The van der Waals surface area contributed by atoms with E-state index in [1.807, 2.05) is 25.4 Å². The minimum atomic E-state index is 0.455. The molecule has 0 spiro atoms. The standard InChI is InChI=1S/C23H33N5O/c1-3-15-29-22-10-9-20(16-25-22)17-26-23(24-2)27-21-11-13-28(14-12-21)18-19-7-5-4-6-8-19/h4-10,16,21H,3,11-15,17-18H2,1-2H3,(H2,24,26,27). The van der Waals surface area contributed by atoms with Crippen molar-refractivity contribution in [1.29, 1.82) is 0 Å². The fourth-order valence-corrected chi connectivity index (χ4v) is 3.46. The first kappa shape index (κ1) is 21.1. The maximum atomic E-state index is 5.53. The highest BCUT2D eigenvalue weighted by atomic mass is 16.5. The first-order valence-electron chi connectivity index (χ1n) is 10.6. The second kappa shape index (κ2) is 11.4. The number of piperidine rings is 1. The van der Waals surface area contributed by atoms with Crippen LogP contribution in [0.4, 0.5) is 0 Å². The summed E-state index contributed by atoms with van der Waals surface area (Å²) in [4.78, 5) is 11.3. The van der Waals surface area contributed by atoms with Crippen LogP contribution in [0.15, 0.2) is 53.7 Å². The Kier molecular flexibility index (Phi) is 8.31. The first-order chi connectivity index (χ1) is 14.3. The van der Waals surface area contributed by atoms with Gasteiger partial charge in [0, 0.05) is 51.5 Å². The highest BCUT2D eigenvalue weighted by molar-refractivity contribution is 5.79. The predicted octanol–water partition coefficient (Wildman–Crippen LogP) is 3.20. The molecular formula is C23H33N5O. The molecule has 0 bridgehead atoms. The highest BCUT2D eigenvalue weighted by Gasteiger charge is 2.20. The van der Waals surface area contributed by atoms with E-state index in [0.717, 1.165) is 50.4 Å². The third-order valence-corrected chi connectivity index (χ3v) is 5.11. The van der Waals surface area contributed by atoms with E-state index in [9.17, 15) is 0 Å². The molecule has 1 aromatic carbocycles. The summed E-state index contributed by atoms with van der Waals surface area (Å²) in [6.45, 7) is 6.72. The van der Waals surface area contributed by atoms with Crippen LogP contribution in [0.5, 0.6) is 5.88 Å². The molecule has 1 aliphatic rings. The van der Waals surface area contributed by atoms with Crippen molar-refractivity contribution in [3.8, 4) is 5.88 Å². The average molecular weight is 396 g/mol. The topological polar surface area (TPSA) is 61.8 Å². The fourth-order valence-electron chi connectivity index (χ4n) is 3.46. The van der Waals surface area contributed by atoms with Crippen molar-refractivity contribution in [1.82, 2.24) is 20.5 Å². The number of nitrogens with one attached hydrogen (secondary N) is 2. The van der Waals surface area contributed by atoms with Crippen LogP contribution in [-0.4, -0.2) is 48.6 Å². The minimum absolute atomic E-state index is 0.455. The number of aromatic nitrogens is 1. The van der Waals surface area contributed by atoms with E-state index in [1.54, 1.807) is 0 Å². The van der Waals surface area contributed by atoms with Gasteiger partial charge in [0.25, 0.3) is 0 Å². The Morgan fingerprint density at radius 2 is 1.93 bits per heavy atom. The molecule has 3 rings (SSSR count). The molecule has 1 saturated heterocycles. The number of rotatable bonds is 8. The molecule has 2 N–H and O–H groups in total. The van der Waals surface area contributed by atoms with E-state index < -0.39 is 0 Å². The number of likely N-dealkylation sites (tertiary alicyclic amines) is 1. The van der Waals surface area contributed by atoms with Crippen molar-refractivity contribution in [3.63, 3.8) is 0 Å². The molecule has 2 aromatic rings. The number of benzene rings is 1. The molecule has 0 radical (unpaired) electrons. The van der Waals surface area contributed by atoms with Gasteiger partial charge >= 0.3 is 0 Å². The van der Waals surface area contributed by atoms with Gasteiger partial charge in [0.05, 0.1) is 6.61 Å². The summed E-state index contributed by atoms with van der Waals surface area (Å²) >= 11 is 0. The van der Waals surface area contributed by atoms with Gasteiger partial charge in [-0.25, -0.2) is 4.98 Å². The maximum Gasteiger partial charge on any atom is 0.213 e. The third-order valence-electron chi connectivity index (χ3n) is 5.11. The van der Waals surface area contributed by atoms with Crippen LogP contribution in [0.3, 0.4) is 0 Å². The number of pyridine rings is 1. The summed E-state index contributed by atoms with van der Waals surface area (Å²) in [5.41, 5.74) is 2.49. The molecule has 6 nitrogen and oxygen atoms in total. The Balaban J connectivity index is 1.39. The van der Waals surface area contributed by atoms with E-state index in [-0.39, 0.29) is 0 Å². The number of ether oxygens (including phenoxy) is 1. The van der Waals surface area contributed by atoms with Crippen molar-refractivity contribution in [2.24, 2.45) is 4.99 Å². The number of nitrogens with zero attached hydrogens (tertiary/aromatic N) is 3. The zero-order valence-corrected chi connectivity index (χ0v) is 17.6. The number of aliphatic imine (C=N–C) groups is 1. The average Bonchev–Trinajstić information content (AvgIpc) is 2.78. The molecule has 1 aromatic heterocycles. The number of guanidine groups is 1. The molecular weight excluding hydrogens is 362 g/mol. The second-order valence-corrected chi connectivity index (χ2v) is 7.46. The van der Waals surface area contributed by atoms with Crippen LogP contribution in [-0.2, 0) is 13.1 Å². The molecule has 0 unspecified atom stereocenters. The van der Waals surface area contributed by atoms with Gasteiger partial charge in [0.15, 0.2) is 5.96 Å². The van der Waals surface area contributed by atoms with Crippen molar-refractivity contribution < 1.29 is 4.74 Å². The Bertz CT molecular complexity index is 740. The Morgan fingerprint density at radius 3 is 2.59 bits per heavy atom. The number of hydrogen-bond acceptors (Lipinski definition) is 4. The molecule has 6 heteroatoms. The first-order valence-corrected chi connectivity index (χ1v) is 10.6. The van der Waals surface area contributed by atoms with Crippen LogP contribution in [0.2, 0.25) is 0 Å². The molecule has 2 heterocycles. The zero-order valence-electron chi connectivity index (χ0n) is 17.6. The summed E-state index contributed by atoms with van der Waals surface area (Å²) in [6, 6.07) is 15.1. The maximum absolute atomic E-state index is 5.53. The van der Waals surface area contributed by atoms with Crippen molar-refractivity contribution in [2.45, 2.75) is 45.3 Å². The fraction of sp³-hybridized carbons (Fsp3) is 0.478. The summed E-state index contributed by atoms with van der Waals surface area (Å²) in [6.07, 6.45) is 5.09. The van der Waals surface area contributed by atoms with Gasteiger partial charge in [-0.2, -0.15) is 0 Å². The van der Waals surface area contributed by atoms with E-state index >= 15 is 0 Å².